The van der Waals surface area contributed by atoms with Gasteiger partial charge in [-0.2, -0.15) is 5.10 Å². The zero-order valence-electron chi connectivity index (χ0n) is 10.7. The van der Waals surface area contributed by atoms with E-state index in [-0.39, 0.29) is 0 Å². The molecular weight excluding hydrogens is 228 g/mol. The Morgan fingerprint density at radius 3 is 2.67 bits per heavy atom. The number of amides is 1. The molecule has 2 rings (SSSR count). The summed E-state index contributed by atoms with van der Waals surface area (Å²) in [7, 11) is 1.87. The number of benzene rings is 1. The van der Waals surface area contributed by atoms with Gasteiger partial charge in [-0.25, -0.2) is 0 Å². The molecule has 1 amide bonds. The Balaban J connectivity index is 2.38. The Bertz CT molecular complexity index is 555. The van der Waals surface area contributed by atoms with Crippen LogP contribution in [-0.2, 0) is 11.8 Å². The van der Waals surface area contributed by atoms with Crippen molar-refractivity contribution in [3.8, 4) is 0 Å². The maximum Gasteiger partial charge on any atom is 0.211 e. The number of anilines is 3. The smallest absolute Gasteiger partial charge is 0.211 e. The largest absolute Gasteiger partial charge is 0.339 e. The van der Waals surface area contributed by atoms with Crippen molar-refractivity contribution in [1.82, 2.24) is 9.78 Å². The van der Waals surface area contributed by atoms with Crippen LogP contribution in [0.2, 0.25) is 0 Å². The van der Waals surface area contributed by atoms with Gasteiger partial charge in [0, 0.05) is 12.6 Å². The van der Waals surface area contributed by atoms with Crippen molar-refractivity contribution in [3.63, 3.8) is 0 Å². The summed E-state index contributed by atoms with van der Waals surface area (Å²) in [4.78, 5) is 10.6. The Hall–Kier alpha value is -2.30. The topological polar surface area (TPSA) is 59.0 Å². The van der Waals surface area contributed by atoms with Gasteiger partial charge in [0.1, 0.15) is 5.82 Å². The van der Waals surface area contributed by atoms with Crippen molar-refractivity contribution in [2.45, 2.75) is 13.8 Å². The van der Waals surface area contributed by atoms with E-state index in [0.29, 0.717) is 6.41 Å². The molecule has 5 heteroatoms. The van der Waals surface area contributed by atoms with Crippen molar-refractivity contribution in [2.75, 3.05) is 10.6 Å². The van der Waals surface area contributed by atoms with Gasteiger partial charge in [-0.15, -0.1) is 0 Å². The van der Waals surface area contributed by atoms with E-state index >= 15 is 0 Å². The minimum Gasteiger partial charge on any atom is -0.339 e. The van der Waals surface area contributed by atoms with Crippen molar-refractivity contribution < 1.29 is 4.79 Å². The second-order valence-electron chi connectivity index (χ2n) is 4.24. The van der Waals surface area contributed by atoms with E-state index in [4.69, 9.17) is 0 Å². The number of rotatable bonds is 4. The molecule has 1 aromatic heterocycles. The lowest BCUT2D eigenvalue weighted by Crippen LogP contribution is -2.04. The lowest BCUT2D eigenvalue weighted by atomic mass is 10.2. The fourth-order valence-corrected chi connectivity index (χ4v) is 1.81. The molecule has 5 nitrogen and oxygen atoms in total. The zero-order chi connectivity index (χ0) is 13.1. The van der Waals surface area contributed by atoms with E-state index in [0.717, 1.165) is 28.3 Å². The average Bonchev–Trinajstić information content (AvgIpc) is 2.64. The molecular formula is C13H16N4O. The number of hydrogen-bond acceptors (Lipinski definition) is 3. The van der Waals surface area contributed by atoms with E-state index in [1.54, 1.807) is 10.9 Å². The quantitative estimate of drug-likeness (QED) is 0.812. The number of nitrogens with zero attached hydrogens (tertiary/aromatic N) is 2. The molecule has 0 unspecified atom stereocenters. The van der Waals surface area contributed by atoms with E-state index in [2.05, 4.69) is 15.7 Å². The molecule has 1 aromatic carbocycles. The van der Waals surface area contributed by atoms with E-state index < -0.39 is 0 Å². The van der Waals surface area contributed by atoms with Gasteiger partial charge in [0.05, 0.1) is 17.6 Å². The summed E-state index contributed by atoms with van der Waals surface area (Å²) in [5.41, 5.74) is 3.77. The Morgan fingerprint density at radius 1 is 1.28 bits per heavy atom. The van der Waals surface area contributed by atoms with Crippen LogP contribution in [0.4, 0.5) is 17.2 Å². The van der Waals surface area contributed by atoms with Crippen molar-refractivity contribution in [2.24, 2.45) is 7.05 Å². The number of hydrogen-bond donors (Lipinski definition) is 2. The summed E-state index contributed by atoms with van der Waals surface area (Å²) in [5, 5.41) is 10.2. The van der Waals surface area contributed by atoms with Gasteiger partial charge in [0.15, 0.2) is 0 Å². The lowest BCUT2D eigenvalue weighted by molar-refractivity contribution is -0.105. The minimum absolute atomic E-state index is 0.673. The second kappa shape index (κ2) is 4.91. The summed E-state index contributed by atoms with van der Waals surface area (Å²) < 4.78 is 1.77. The maximum atomic E-state index is 10.6. The molecule has 0 aliphatic rings. The van der Waals surface area contributed by atoms with Crippen molar-refractivity contribution in [1.29, 1.82) is 0 Å². The molecule has 0 radical (unpaired) electrons. The second-order valence-corrected chi connectivity index (χ2v) is 4.24. The Morgan fingerprint density at radius 2 is 2.06 bits per heavy atom. The van der Waals surface area contributed by atoms with Crippen LogP contribution in [0.5, 0.6) is 0 Å². The molecule has 0 fully saturated rings. The van der Waals surface area contributed by atoms with Crippen LogP contribution in [-0.4, -0.2) is 16.2 Å². The van der Waals surface area contributed by atoms with Crippen LogP contribution >= 0.6 is 0 Å². The standard InChI is InChI=1S/C13H16N4O/c1-9-4-5-11(14-8-18)12(6-9)16-13-10(2)7-15-17(13)3/h4-8,16H,1-3H3,(H,14,18). The molecule has 0 saturated heterocycles. The van der Waals surface area contributed by atoms with Gasteiger partial charge in [0.2, 0.25) is 6.41 Å². The first-order chi connectivity index (χ1) is 8.61. The highest BCUT2D eigenvalue weighted by Gasteiger charge is 2.08. The van der Waals surface area contributed by atoms with Gasteiger partial charge >= 0.3 is 0 Å². The first kappa shape index (κ1) is 12.2. The predicted molar refractivity (Wildman–Crippen MR) is 72.1 cm³/mol. The third kappa shape index (κ3) is 2.34. The SMILES string of the molecule is Cc1ccc(NC=O)c(Nc2c(C)cnn2C)c1. The summed E-state index contributed by atoms with van der Waals surface area (Å²) >= 11 is 0. The molecule has 2 N–H and O–H groups in total. The van der Waals surface area contributed by atoms with Crippen LogP contribution in [0, 0.1) is 13.8 Å². The summed E-state index contributed by atoms with van der Waals surface area (Å²) in [6.07, 6.45) is 2.47. The highest BCUT2D eigenvalue weighted by Crippen LogP contribution is 2.27. The van der Waals surface area contributed by atoms with E-state index in [1.807, 2.05) is 39.1 Å². The summed E-state index contributed by atoms with van der Waals surface area (Å²) in [6, 6.07) is 5.81. The first-order valence-corrected chi connectivity index (χ1v) is 5.68. The van der Waals surface area contributed by atoms with Crippen LogP contribution in [0.25, 0.3) is 0 Å². The van der Waals surface area contributed by atoms with Gasteiger partial charge < -0.3 is 10.6 Å². The van der Waals surface area contributed by atoms with Gasteiger partial charge in [0.25, 0.3) is 0 Å². The lowest BCUT2D eigenvalue weighted by Gasteiger charge is -2.13. The molecule has 2 aromatic rings. The van der Waals surface area contributed by atoms with Crippen LogP contribution in [0.3, 0.4) is 0 Å². The number of aromatic nitrogens is 2. The van der Waals surface area contributed by atoms with E-state index in [9.17, 15) is 4.79 Å². The summed E-state index contributed by atoms with van der Waals surface area (Å²) in [5.74, 6) is 0.912. The number of aryl methyl sites for hydroxylation is 3. The Kier molecular flexibility index (Phi) is 3.32. The van der Waals surface area contributed by atoms with Crippen LogP contribution in [0.1, 0.15) is 11.1 Å². The normalized spacial score (nSPS) is 10.2. The Labute approximate surface area is 106 Å². The molecule has 0 aliphatic carbocycles. The van der Waals surface area contributed by atoms with Crippen molar-refractivity contribution >= 4 is 23.6 Å². The fraction of sp³-hybridized carbons (Fsp3) is 0.231. The van der Waals surface area contributed by atoms with E-state index in [1.165, 1.54) is 0 Å². The monoisotopic (exact) mass is 244 g/mol. The molecule has 0 aliphatic heterocycles. The molecule has 18 heavy (non-hydrogen) atoms. The molecule has 94 valence electrons. The number of carbonyl (C=O) groups excluding carboxylic acids is 1. The fourth-order valence-electron chi connectivity index (χ4n) is 1.81. The molecule has 0 saturated carbocycles. The third-order valence-electron chi connectivity index (χ3n) is 2.76. The van der Waals surface area contributed by atoms with Crippen LogP contribution in [0.15, 0.2) is 24.4 Å². The molecule has 0 bridgehead atoms. The molecule has 0 atom stereocenters. The van der Waals surface area contributed by atoms with Crippen molar-refractivity contribution in [3.05, 3.63) is 35.5 Å². The average molecular weight is 244 g/mol. The predicted octanol–water partition coefficient (Wildman–Crippen LogP) is 2.35. The maximum absolute atomic E-state index is 10.6. The van der Waals surface area contributed by atoms with Gasteiger partial charge in [-0.05, 0) is 31.5 Å². The first-order valence-electron chi connectivity index (χ1n) is 5.68. The zero-order valence-corrected chi connectivity index (χ0v) is 10.7. The molecule has 0 spiro atoms. The highest BCUT2D eigenvalue weighted by atomic mass is 16.1. The summed E-state index contributed by atoms with van der Waals surface area (Å²) in [6.45, 7) is 3.99. The van der Waals surface area contributed by atoms with Crippen LogP contribution < -0.4 is 10.6 Å². The highest BCUT2D eigenvalue weighted by molar-refractivity contribution is 5.83. The minimum atomic E-state index is 0.673. The number of carbonyl (C=O) groups is 1. The third-order valence-corrected chi connectivity index (χ3v) is 2.76. The van der Waals surface area contributed by atoms with Gasteiger partial charge in [-0.1, -0.05) is 6.07 Å². The van der Waals surface area contributed by atoms with Gasteiger partial charge in [-0.3, -0.25) is 9.48 Å². The molecule has 1 heterocycles. The number of nitrogens with one attached hydrogen (secondary N) is 2.